The summed E-state index contributed by atoms with van der Waals surface area (Å²) >= 11 is 0. The predicted octanol–water partition coefficient (Wildman–Crippen LogP) is 3.73. The quantitative estimate of drug-likeness (QED) is 0.425. The number of hydrogen-bond acceptors (Lipinski definition) is 3. The SMILES string of the molecule is C[C-](C)C.[CH2-]Cc1cn(CCOCCC(C)(C)C)nn1.[U+2]. The van der Waals surface area contributed by atoms with E-state index in [1.165, 1.54) is 5.92 Å². The van der Waals surface area contributed by atoms with Crippen molar-refractivity contribution in [3.05, 3.63) is 24.7 Å². The first-order valence-corrected chi connectivity index (χ1v) is 7.27. The molecule has 0 spiro atoms. The summed E-state index contributed by atoms with van der Waals surface area (Å²) in [6, 6.07) is 0. The Morgan fingerprint density at radius 3 is 2.24 bits per heavy atom. The second-order valence-electron chi connectivity index (χ2n) is 6.65. The first-order chi connectivity index (χ1) is 9.24. The van der Waals surface area contributed by atoms with Gasteiger partial charge in [0.05, 0.1) is 18.8 Å². The van der Waals surface area contributed by atoms with E-state index in [0.717, 1.165) is 25.3 Å². The normalized spacial score (nSPS) is 10.9. The Morgan fingerprint density at radius 1 is 1.24 bits per heavy atom. The summed E-state index contributed by atoms with van der Waals surface area (Å²) < 4.78 is 7.36. The number of nitrogens with zero attached hydrogens (tertiary/aromatic N) is 3. The van der Waals surface area contributed by atoms with Crippen LogP contribution in [0.25, 0.3) is 0 Å². The Morgan fingerprint density at radius 2 is 1.81 bits per heavy atom. The van der Waals surface area contributed by atoms with Crippen LogP contribution in [0, 0.1) is 49.4 Å². The van der Waals surface area contributed by atoms with E-state index >= 15 is 0 Å². The summed E-state index contributed by atoms with van der Waals surface area (Å²) in [5.74, 6) is 1.42. The van der Waals surface area contributed by atoms with Crippen LogP contribution in [0.3, 0.4) is 0 Å². The van der Waals surface area contributed by atoms with E-state index in [-0.39, 0.29) is 31.1 Å². The molecule has 0 aliphatic rings. The minimum Gasteiger partial charge on any atom is -0.380 e. The molecular weight excluding hydrogens is 488 g/mol. The molecule has 0 bridgehead atoms. The van der Waals surface area contributed by atoms with Crippen LogP contribution < -0.4 is 0 Å². The fraction of sp³-hybridized carbons (Fsp3) is 0.750. The van der Waals surface area contributed by atoms with Crippen molar-refractivity contribution in [3.8, 4) is 0 Å². The molecule has 1 heterocycles. The van der Waals surface area contributed by atoms with Gasteiger partial charge in [0, 0.05) is 12.8 Å². The molecule has 0 saturated carbocycles. The van der Waals surface area contributed by atoms with Crippen LogP contribution in [-0.2, 0) is 17.7 Å². The summed E-state index contributed by atoms with van der Waals surface area (Å²) in [6.07, 6.45) is 3.68. The molecule has 0 atom stereocenters. The van der Waals surface area contributed by atoms with Gasteiger partial charge in [-0.1, -0.05) is 26.0 Å². The van der Waals surface area contributed by atoms with Crippen molar-refractivity contribution < 1.29 is 35.9 Å². The standard InChI is InChI=1S/C12H22N3O.C4H9.U/c1-5-11-10-15(14-13-11)7-9-16-8-6-12(2,3)4;1-4(2)3;/h10H,1,5-9H2,2-4H3;1-3H3;/q2*-1;+2. The Balaban J connectivity index is 0. The Bertz CT molecular complexity index is 343. The molecule has 0 amide bonds. The molecule has 0 N–H and O–H groups in total. The average Bonchev–Trinajstić information content (AvgIpc) is 2.74. The molecular formula is C16H31N3OU. The third kappa shape index (κ3) is 16.4. The average molecular weight is 519 g/mol. The molecule has 0 aromatic carbocycles. The smallest absolute Gasteiger partial charge is 0.380 e. The van der Waals surface area contributed by atoms with Crippen molar-refractivity contribution in [1.82, 2.24) is 15.0 Å². The molecule has 0 radical (unpaired) electrons. The van der Waals surface area contributed by atoms with Gasteiger partial charge in [-0.2, -0.15) is 20.8 Å². The van der Waals surface area contributed by atoms with E-state index < -0.39 is 0 Å². The number of aromatic nitrogens is 3. The van der Waals surface area contributed by atoms with Crippen LogP contribution in [0.5, 0.6) is 0 Å². The van der Waals surface area contributed by atoms with Gasteiger partial charge in [0.1, 0.15) is 0 Å². The minimum atomic E-state index is 0. The van der Waals surface area contributed by atoms with Crippen LogP contribution in [0.1, 0.15) is 53.7 Å². The molecule has 0 aliphatic carbocycles. The summed E-state index contributed by atoms with van der Waals surface area (Å²) in [5, 5.41) is 7.95. The second kappa shape index (κ2) is 12.7. The zero-order chi connectivity index (χ0) is 15.6. The number of ether oxygens (including phenoxy) is 1. The number of rotatable bonds is 6. The van der Waals surface area contributed by atoms with Crippen molar-refractivity contribution in [3.63, 3.8) is 0 Å². The maximum atomic E-state index is 5.55. The first kappa shape index (κ1) is 23.4. The molecule has 1 aromatic heterocycles. The summed E-state index contributed by atoms with van der Waals surface area (Å²) in [5.41, 5.74) is 1.27. The molecule has 1 aromatic rings. The van der Waals surface area contributed by atoms with Gasteiger partial charge in [0.25, 0.3) is 0 Å². The molecule has 4 nitrogen and oxygen atoms in total. The van der Waals surface area contributed by atoms with E-state index in [2.05, 4.69) is 58.8 Å². The van der Waals surface area contributed by atoms with Gasteiger partial charge in [-0.25, -0.2) is 0 Å². The van der Waals surface area contributed by atoms with Crippen LogP contribution in [0.15, 0.2) is 6.20 Å². The van der Waals surface area contributed by atoms with Gasteiger partial charge in [0.15, 0.2) is 0 Å². The maximum Gasteiger partial charge on any atom is 2.00 e. The van der Waals surface area contributed by atoms with Crippen molar-refractivity contribution in [2.45, 2.75) is 60.9 Å². The molecule has 1 rings (SSSR count). The molecule has 0 unspecified atom stereocenters. The zero-order valence-corrected chi connectivity index (χ0v) is 18.7. The van der Waals surface area contributed by atoms with Crippen LogP contribution >= 0.6 is 0 Å². The molecule has 120 valence electrons. The fourth-order valence-electron chi connectivity index (χ4n) is 1.20. The van der Waals surface area contributed by atoms with Crippen LogP contribution in [-0.4, -0.2) is 28.2 Å². The summed E-state index contributed by atoms with van der Waals surface area (Å²) in [7, 11) is 0. The molecule has 0 aliphatic heterocycles. The van der Waals surface area contributed by atoms with Gasteiger partial charge in [-0.3, -0.25) is 4.68 Å². The molecule has 0 saturated heterocycles. The first-order valence-electron chi connectivity index (χ1n) is 7.27. The van der Waals surface area contributed by atoms with Crippen LogP contribution in [0.4, 0.5) is 0 Å². The molecule has 5 heteroatoms. The van der Waals surface area contributed by atoms with Gasteiger partial charge in [-0.15, -0.1) is 11.5 Å². The maximum absolute atomic E-state index is 5.55. The summed E-state index contributed by atoms with van der Waals surface area (Å²) in [6.45, 7) is 18.9. The Labute approximate surface area is 154 Å². The van der Waals surface area contributed by atoms with E-state index in [9.17, 15) is 0 Å². The van der Waals surface area contributed by atoms with Gasteiger partial charge >= 0.3 is 31.1 Å². The van der Waals surface area contributed by atoms with Gasteiger partial charge in [-0.05, 0) is 11.8 Å². The Hall–Kier alpha value is 0.152. The fourth-order valence-corrected chi connectivity index (χ4v) is 1.20. The van der Waals surface area contributed by atoms with Gasteiger partial charge < -0.3 is 17.6 Å². The third-order valence-electron chi connectivity index (χ3n) is 2.30. The summed E-state index contributed by atoms with van der Waals surface area (Å²) in [4.78, 5) is 0. The van der Waals surface area contributed by atoms with E-state index in [1.54, 1.807) is 4.68 Å². The Kier molecular flexibility index (Phi) is 14.1. The van der Waals surface area contributed by atoms with E-state index in [0.29, 0.717) is 18.4 Å². The third-order valence-corrected chi connectivity index (χ3v) is 2.30. The monoisotopic (exact) mass is 519 g/mol. The predicted molar refractivity (Wildman–Crippen MR) is 84.2 cm³/mol. The van der Waals surface area contributed by atoms with Crippen LogP contribution in [0.2, 0.25) is 0 Å². The molecule has 0 fully saturated rings. The van der Waals surface area contributed by atoms with E-state index in [1.807, 2.05) is 6.20 Å². The number of hydrogen-bond donors (Lipinski definition) is 0. The minimum absolute atomic E-state index is 0. The second-order valence-corrected chi connectivity index (χ2v) is 6.65. The zero-order valence-electron chi connectivity index (χ0n) is 14.6. The van der Waals surface area contributed by atoms with Crippen molar-refractivity contribution in [2.24, 2.45) is 5.41 Å². The van der Waals surface area contributed by atoms with Crippen molar-refractivity contribution >= 4 is 0 Å². The topological polar surface area (TPSA) is 39.9 Å². The molecule has 21 heavy (non-hydrogen) atoms. The van der Waals surface area contributed by atoms with Crippen molar-refractivity contribution in [2.75, 3.05) is 13.2 Å². The van der Waals surface area contributed by atoms with Gasteiger partial charge in [0.2, 0.25) is 0 Å². The van der Waals surface area contributed by atoms with E-state index in [4.69, 9.17) is 4.74 Å². The van der Waals surface area contributed by atoms with Crippen molar-refractivity contribution in [1.29, 1.82) is 0 Å². The largest absolute Gasteiger partial charge is 2.00 e.